The quantitative estimate of drug-likeness (QED) is 0.449. The van der Waals surface area contributed by atoms with Crippen LogP contribution in [-0.4, -0.2) is 39.1 Å². The molecular formula is C21H24N2O3S2. The summed E-state index contributed by atoms with van der Waals surface area (Å²) < 4.78 is 0. The van der Waals surface area contributed by atoms with Gasteiger partial charge in [0.15, 0.2) is 0 Å². The van der Waals surface area contributed by atoms with Crippen molar-refractivity contribution < 1.29 is 15.3 Å². The molecule has 0 amide bonds. The Balaban J connectivity index is 1.64. The maximum absolute atomic E-state index is 10.3. The lowest BCUT2D eigenvalue weighted by Crippen LogP contribution is -2.48. The summed E-state index contributed by atoms with van der Waals surface area (Å²) in [6, 6.07) is 15.9. The van der Waals surface area contributed by atoms with E-state index in [1.165, 1.54) is 4.88 Å². The third-order valence-electron chi connectivity index (χ3n) is 4.45. The van der Waals surface area contributed by atoms with E-state index in [1.807, 2.05) is 37.4 Å². The third kappa shape index (κ3) is 5.20. The van der Waals surface area contributed by atoms with Crippen molar-refractivity contribution in [2.75, 3.05) is 13.2 Å². The van der Waals surface area contributed by atoms with Crippen molar-refractivity contribution in [3.8, 4) is 10.6 Å². The van der Waals surface area contributed by atoms with E-state index in [0.717, 1.165) is 20.4 Å². The number of nitrogens with two attached hydrogens (primary N) is 1. The summed E-state index contributed by atoms with van der Waals surface area (Å²) in [6.45, 7) is 1.28. The molecule has 1 aromatic heterocycles. The fraction of sp³-hybridized carbons (Fsp3) is 0.286. The summed E-state index contributed by atoms with van der Waals surface area (Å²) in [7, 11) is 0. The van der Waals surface area contributed by atoms with E-state index < -0.39 is 11.6 Å². The van der Waals surface area contributed by atoms with Crippen LogP contribution >= 0.6 is 23.1 Å². The topological polar surface area (TPSA) is 99.6 Å². The van der Waals surface area contributed by atoms with Gasteiger partial charge in [0.05, 0.1) is 24.9 Å². The molecule has 3 aromatic rings. The summed E-state index contributed by atoms with van der Waals surface area (Å²) in [5, 5.41) is 29.9. The second-order valence-corrected chi connectivity index (χ2v) is 9.25. The van der Waals surface area contributed by atoms with E-state index in [1.54, 1.807) is 23.1 Å². The molecule has 1 atom stereocenters. The molecule has 0 bridgehead atoms. The molecule has 148 valence electrons. The molecule has 7 heteroatoms. The van der Waals surface area contributed by atoms with E-state index in [0.29, 0.717) is 5.56 Å². The first-order valence-electron chi connectivity index (χ1n) is 8.92. The van der Waals surface area contributed by atoms with Crippen LogP contribution in [0.5, 0.6) is 0 Å². The van der Waals surface area contributed by atoms with Gasteiger partial charge in [0.1, 0.15) is 5.01 Å². The number of hydrogen-bond acceptors (Lipinski definition) is 7. The minimum Gasteiger partial charge on any atom is -0.394 e. The molecule has 0 saturated heterocycles. The molecule has 2 aromatic carbocycles. The van der Waals surface area contributed by atoms with Crippen molar-refractivity contribution in [3.05, 3.63) is 65.2 Å². The molecule has 0 radical (unpaired) electrons. The maximum atomic E-state index is 10.3. The monoisotopic (exact) mass is 416 g/mol. The van der Waals surface area contributed by atoms with Gasteiger partial charge in [0, 0.05) is 26.4 Å². The number of thiazole rings is 1. The van der Waals surface area contributed by atoms with E-state index in [-0.39, 0.29) is 19.6 Å². The van der Waals surface area contributed by atoms with Gasteiger partial charge in [0.25, 0.3) is 0 Å². The molecule has 0 aliphatic carbocycles. The van der Waals surface area contributed by atoms with Gasteiger partial charge >= 0.3 is 0 Å². The number of aromatic nitrogens is 1. The second-order valence-electron chi connectivity index (χ2n) is 6.87. The molecular weight excluding hydrogens is 392 g/mol. The van der Waals surface area contributed by atoms with Gasteiger partial charge < -0.3 is 21.1 Å². The Morgan fingerprint density at radius 2 is 1.61 bits per heavy atom. The highest BCUT2D eigenvalue weighted by atomic mass is 32.2. The Hall–Kier alpha value is -1.74. The average Bonchev–Trinajstić information content (AvgIpc) is 3.15. The van der Waals surface area contributed by atoms with Gasteiger partial charge in [-0.1, -0.05) is 36.0 Å². The number of nitrogens with zero attached hydrogens (tertiary/aromatic N) is 1. The van der Waals surface area contributed by atoms with Gasteiger partial charge in [-0.25, -0.2) is 4.98 Å². The summed E-state index contributed by atoms with van der Waals surface area (Å²) in [5.41, 5.74) is 6.48. The number of aryl methyl sites for hydroxylation is 1. The van der Waals surface area contributed by atoms with Crippen molar-refractivity contribution in [1.29, 1.82) is 0 Å². The van der Waals surface area contributed by atoms with Crippen LogP contribution in [0, 0.1) is 6.92 Å². The molecule has 5 nitrogen and oxygen atoms in total. The highest BCUT2D eigenvalue weighted by Gasteiger charge is 2.27. The highest BCUT2D eigenvalue weighted by Crippen LogP contribution is 2.32. The maximum Gasteiger partial charge on any atom is 0.123 e. The van der Waals surface area contributed by atoms with Crippen LogP contribution in [0.25, 0.3) is 10.6 Å². The number of aliphatic hydroxyl groups excluding tert-OH is 3. The minimum absolute atomic E-state index is 0.0875. The lowest BCUT2D eigenvalue weighted by atomic mass is 9.92. The number of benzene rings is 2. The first-order chi connectivity index (χ1) is 13.4. The van der Waals surface area contributed by atoms with Crippen LogP contribution < -0.4 is 5.73 Å². The molecule has 0 spiro atoms. The lowest BCUT2D eigenvalue weighted by Gasteiger charge is -2.27. The van der Waals surface area contributed by atoms with Crippen LogP contribution in [0.4, 0.5) is 0 Å². The number of hydrogen-bond donors (Lipinski definition) is 4. The Morgan fingerprint density at radius 1 is 1.04 bits per heavy atom. The normalized spacial score (nSPS) is 12.9. The zero-order chi connectivity index (χ0) is 20.1. The van der Waals surface area contributed by atoms with Gasteiger partial charge in [-0.05, 0) is 43.2 Å². The Morgan fingerprint density at radius 3 is 2.11 bits per heavy atom. The van der Waals surface area contributed by atoms with E-state index in [9.17, 15) is 15.3 Å². The number of rotatable bonds is 8. The Labute approximate surface area is 172 Å². The van der Waals surface area contributed by atoms with E-state index in [4.69, 9.17) is 5.73 Å². The van der Waals surface area contributed by atoms with Crippen molar-refractivity contribution in [3.63, 3.8) is 0 Å². The van der Waals surface area contributed by atoms with Crippen LogP contribution in [-0.2, 0) is 0 Å². The Bertz CT molecular complexity index is 891. The van der Waals surface area contributed by atoms with Gasteiger partial charge in [-0.3, -0.25) is 0 Å². The van der Waals surface area contributed by atoms with Gasteiger partial charge in [-0.15, -0.1) is 11.3 Å². The molecule has 1 heterocycles. The third-order valence-corrected chi connectivity index (χ3v) is 6.43. The van der Waals surface area contributed by atoms with E-state index in [2.05, 4.69) is 29.2 Å². The highest BCUT2D eigenvalue weighted by molar-refractivity contribution is 7.99. The minimum atomic E-state index is -1.19. The van der Waals surface area contributed by atoms with Crippen LogP contribution in [0.2, 0.25) is 0 Å². The van der Waals surface area contributed by atoms with Crippen LogP contribution in [0.15, 0.2) is 64.5 Å². The molecule has 0 aliphatic heterocycles. The van der Waals surface area contributed by atoms with E-state index >= 15 is 0 Å². The standard InChI is InChI=1S/C21H24N2O3S2/c1-14-11-23-20(27-14)16-4-8-18(9-5-16)28-17-6-2-15(3-7-17)19(26)10-21(22,12-24)13-25/h2-9,11,19,24-26H,10,12-13,22H2,1H3. The predicted octanol–water partition coefficient (Wildman–Crippen LogP) is 3.38. The number of aliphatic hydroxyl groups is 3. The first kappa shape index (κ1) is 21.0. The molecule has 28 heavy (non-hydrogen) atoms. The lowest BCUT2D eigenvalue weighted by molar-refractivity contribution is 0.0618. The summed E-state index contributed by atoms with van der Waals surface area (Å²) in [6.07, 6.45) is 1.13. The molecule has 3 rings (SSSR count). The van der Waals surface area contributed by atoms with Crippen molar-refractivity contribution in [1.82, 2.24) is 4.98 Å². The Kier molecular flexibility index (Phi) is 6.87. The molecule has 5 N–H and O–H groups in total. The predicted molar refractivity (Wildman–Crippen MR) is 114 cm³/mol. The van der Waals surface area contributed by atoms with Gasteiger partial charge in [0.2, 0.25) is 0 Å². The fourth-order valence-corrected chi connectivity index (χ4v) is 4.32. The van der Waals surface area contributed by atoms with Crippen molar-refractivity contribution >= 4 is 23.1 Å². The largest absolute Gasteiger partial charge is 0.394 e. The van der Waals surface area contributed by atoms with Crippen LogP contribution in [0.1, 0.15) is 23.0 Å². The molecule has 1 unspecified atom stereocenters. The van der Waals surface area contributed by atoms with Crippen molar-refractivity contribution in [2.24, 2.45) is 5.73 Å². The van der Waals surface area contributed by atoms with Crippen molar-refractivity contribution in [2.45, 2.75) is 34.8 Å². The van der Waals surface area contributed by atoms with Gasteiger partial charge in [-0.2, -0.15) is 0 Å². The van der Waals surface area contributed by atoms with Crippen LogP contribution in [0.3, 0.4) is 0 Å². The summed E-state index contributed by atoms with van der Waals surface area (Å²) in [5.74, 6) is 0. The first-order valence-corrected chi connectivity index (χ1v) is 10.5. The molecule has 0 aliphatic rings. The summed E-state index contributed by atoms with van der Waals surface area (Å²) in [4.78, 5) is 7.78. The smallest absolute Gasteiger partial charge is 0.123 e. The average molecular weight is 417 g/mol. The second kappa shape index (κ2) is 9.17. The summed E-state index contributed by atoms with van der Waals surface area (Å²) >= 11 is 3.32. The molecule has 0 fully saturated rings. The SMILES string of the molecule is Cc1cnc(-c2ccc(Sc3ccc(C(O)CC(N)(CO)CO)cc3)cc2)s1. The molecule has 0 saturated carbocycles. The zero-order valence-electron chi connectivity index (χ0n) is 15.6. The zero-order valence-corrected chi connectivity index (χ0v) is 17.2. The fourth-order valence-electron chi connectivity index (χ4n) is 2.73.